The number of unbranched alkanes of at least 4 members (excludes halogenated alkanes) is 28. The van der Waals surface area contributed by atoms with Crippen LogP contribution in [0.25, 0.3) is 0 Å². The quantitative estimate of drug-likeness (QED) is 0.0347. The molecule has 0 bridgehead atoms. The van der Waals surface area contributed by atoms with Crippen LogP contribution in [0, 0.1) is 11.8 Å². The molecule has 0 heterocycles. The van der Waals surface area contributed by atoms with Gasteiger partial charge in [0.15, 0.2) is 6.10 Å². The summed E-state index contributed by atoms with van der Waals surface area (Å²) >= 11 is 0. The molecule has 0 fully saturated rings. The molecule has 1 unspecified atom stereocenters. The Morgan fingerprint density at radius 3 is 1.02 bits per heavy atom. The number of hydrogen-bond donors (Lipinski definition) is 0. The normalized spacial score (nSPS) is 12.5. The maximum absolute atomic E-state index is 12.7. The van der Waals surface area contributed by atoms with Crippen LogP contribution in [0.5, 0.6) is 0 Å². The summed E-state index contributed by atoms with van der Waals surface area (Å²) in [6.07, 6.45) is 42.6. The van der Waals surface area contributed by atoms with Gasteiger partial charge in [-0.2, -0.15) is 0 Å². The molecule has 0 saturated heterocycles. The van der Waals surface area contributed by atoms with E-state index in [2.05, 4.69) is 34.6 Å². The van der Waals surface area contributed by atoms with Crippen LogP contribution in [0.3, 0.4) is 0 Å². The first kappa shape index (κ1) is 54.4. The minimum Gasteiger partial charge on any atom is -0.462 e. The van der Waals surface area contributed by atoms with Gasteiger partial charge < -0.3 is 14.2 Å². The van der Waals surface area contributed by atoms with Crippen molar-refractivity contribution in [2.75, 3.05) is 13.2 Å². The maximum atomic E-state index is 12.7. The molecule has 2 atom stereocenters. The third-order valence-corrected chi connectivity index (χ3v) is 11.6. The Morgan fingerprint density at radius 2 is 0.679 bits per heavy atom. The van der Waals surface area contributed by atoms with Crippen molar-refractivity contribution in [1.82, 2.24) is 0 Å². The van der Waals surface area contributed by atoms with Crippen molar-refractivity contribution in [3.05, 3.63) is 0 Å². The van der Waals surface area contributed by atoms with Gasteiger partial charge in [-0.1, -0.05) is 234 Å². The highest BCUT2D eigenvalue weighted by Gasteiger charge is 2.19. The fraction of sp³-hybridized carbons (Fsp3) is 0.940. The van der Waals surface area contributed by atoms with Crippen molar-refractivity contribution in [2.24, 2.45) is 11.8 Å². The number of carbonyl (C=O) groups is 3. The highest BCUT2D eigenvalue weighted by Crippen LogP contribution is 2.18. The Kier molecular flexibility index (Phi) is 41.8. The molecule has 0 rings (SSSR count). The van der Waals surface area contributed by atoms with Crippen LogP contribution in [0.1, 0.15) is 272 Å². The summed E-state index contributed by atoms with van der Waals surface area (Å²) in [5, 5.41) is 0. The summed E-state index contributed by atoms with van der Waals surface area (Å²) in [6.45, 7) is 11.3. The van der Waals surface area contributed by atoms with E-state index in [0.717, 1.165) is 69.6 Å². The van der Waals surface area contributed by atoms with E-state index >= 15 is 0 Å². The van der Waals surface area contributed by atoms with Gasteiger partial charge in [-0.05, 0) is 31.1 Å². The van der Waals surface area contributed by atoms with Crippen LogP contribution in [0.4, 0.5) is 0 Å². The van der Waals surface area contributed by atoms with Crippen molar-refractivity contribution in [3.63, 3.8) is 0 Å². The second-order valence-electron chi connectivity index (χ2n) is 17.8. The molecular formula is C50H96O6. The highest BCUT2D eigenvalue weighted by molar-refractivity contribution is 5.71. The molecule has 0 aromatic rings. The monoisotopic (exact) mass is 793 g/mol. The summed E-state index contributed by atoms with van der Waals surface area (Å²) in [6, 6.07) is 0. The molecule has 56 heavy (non-hydrogen) atoms. The van der Waals surface area contributed by atoms with E-state index in [1.54, 1.807) is 0 Å². The average Bonchev–Trinajstić information content (AvgIpc) is 3.18. The lowest BCUT2D eigenvalue weighted by atomic mass is 9.99. The predicted molar refractivity (Wildman–Crippen MR) is 238 cm³/mol. The fourth-order valence-electron chi connectivity index (χ4n) is 7.43. The van der Waals surface area contributed by atoms with Gasteiger partial charge in [-0.3, -0.25) is 14.4 Å². The highest BCUT2D eigenvalue weighted by atomic mass is 16.6. The van der Waals surface area contributed by atoms with Crippen molar-refractivity contribution >= 4 is 17.9 Å². The molecule has 0 spiro atoms. The van der Waals surface area contributed by atoms with Gasteiger partial charge in [-0.15, -0.1) is 0 Å². The summed E-state index contributed by atoms with van der Waals surface area (Å²) in [5.74, 6) is 0.809. The fourth-order valence-corrected chi connectivity index (χ4v) is 7.43. The average molecular weight is 793 g/mol. The first-order valence-electron chi connectivity index (χ1n) is 24.8. The third kappa shape index (κ3) is 42.0. The van der Waals surface area contributed by atoms with Gasteiger partial charge in [0.2, 0.25) is 0 Å². The maximum Gasteiger partial charge on any atom is 0.306 e. The first-order chi connectivity index (χ1) is 27.3. The Bertz CT molecular complexity index is 856. The van der Waals surface area contributed by atoms with E-state index in [-0.39, 0.29) is 31.1 Å². The number of esters is 3. The van der Waals surface area contributed by atoms with Gasteiger partial charge in [0.05, 0.1) is 0 Å². The molecule has 0 aliphatic rings. The lowest BCUT2D eigenvalue weighted by Crippen LogP contribution is -2.30. The minimum absolute atomic E-state index is 0.0659. The molecule has 332 valence electrons. The topological polar surface area (TPSA) is 78.9 Å². The zero-order valence-corrected chi connectivity index (χ0v) is 38.3. The van der Waals surface area contributed by atoms with E-state index in [4.69, 9.17) is 14.2 Å². The van der Waals surface area contributed by atoms with Crippen LogP contribution in [0.2, 0.25) is 0 Å². The van der Waals surface area contributed by atoms with Crippen molar-refractivity contribution in [1.29, 1.82) is 0 Å². The number of hydrogen-bond acceptors (Lipinski definition) is 6. The summed E-state index contributed by atoms with van der Waals surface area (Å²) in [5.41, 5.74) is 0. The molecule has 6 heteroatoms. The van der Waals surface area contributed by atoms with Gasteiger partial charge in [-0.25, -0.2) is 0 Å². The van der Waals surface area contributed by atoms with E-state index in [0.29, 0.717) is 19.3 Å². The summed E-state index contributed by atoms with van der Waals surface area (Å²) in [4.78, 5) is 37.6. The van der Waals surface area contributed by atoms with Crippen LogP contribution in [0.15, 0.2) is 0 Å². The summed E-state index contributed by atoms with van der Waals surface area (Å²) in [7, 11) is 0. The molecular weight excluding hydrogens is 697 g/mol. The SMILES string of the molecule is CCCCCCCCCC(=O)OC[C@H](COC(=O)CCCCCCCCC(C)C)OC(=O)CCCCCCCCCCCCCCCCCCCCC(C)CC. The second-order valence-corrected chi connectivity index (χ2v) is 17.8. The van der Waals surface area contributed by atoms with Crippen LogP contribution < -0.4 is 0 Å². The molecule has 0 amide bonds. The van der Waals surface area contributed by atoms with Crippen molar-refractivity contribution in [2.45, 2.75) is 278 Å². The Morgan fingerprint density at radius 1 is 0.375 bits per heavy atom. The van der Waals surface area contributed by atoms with Crippen LogP contribution in [-0.2, 0) is 28.6 Å². The molecule has 0 aromatic carbocycles. The smallest absolute Gasteiger partial charge is 0.306 e. The molecule has 0 aliphatic carbocycles. The van der Waals surface area contributed by atoms with E-state index in [9.17, 15) is 14.4 Å². The Labute approximate surface area is 348 Å². The Hall–Kier alpha value is -1.59. The van der Waals surface area contributed by atoms with E-state index in [1.165, 1.54) is 161 Å². The van der Waals surface area contributed by atoms with Gasteiger partial charge >= 0.3 is 17.9 Å². The van der Waals surface area contributed by atoms with Crippen LogP contribution in [-0.4, -0.2) is 37.2 Å². The molecule has 0 aromatic heterocycles. The number of rotatable bonds is 44. The van der Waals surface area contributed by atoms with Crippen molar-refractivity contribution in [3.8, 4) is 0 Å². The molecule has 6 nitrogen and oxygen atoms in total. The summed E-state index contributed by atoms with van der Waals surface area (Å²) < 4.78 is 16.7. The van der Waals surface area contributed by atoms with Crippen LogP contribution >= 0.6 is 0 Å². The zero-order chi connectivity index (χ0) is 41.2. The first-order valence-corrected chi connectivity index (χ1v) is 24.8. The number of ether oxygens (including phenoxy) is 3. The molecule has 0 radical (unpaired) electrons. The predicted octanol–water partition coefficient (Wildman–Crippen LogP) is 15.8. The van der Waals surface area contributed by atoms with Gasteiger partial charge in [0, 0.05) is 19.3 Å². The largest absolute Gasteiger partial charge is 0.462 e. The van der Waals surface area contributed by atoms with Gasteiger partial charge in [0.1, 0.15) is 13.2 Å². The van der Waals surface area contributed by atoms with Crippen molar-refractivity contribution < 1.29 is 28.6 Å². The standard InChI is InChI=1S/C50H96O6/c1-6-8-9-10-23-30-35-40-48(51)54-43-47(44-55-49(52)41-36-31-27-26-28-33-38-45(3)4)56-50(53)42-37-32-25-22-20-18-16-14-12-11-13-15-17-19-21-24-29-34-39-46(5)7-2/h45-47H,6-44H2,1-5H3/t46?,47-/m1/s1. The lowest BCUT2D eigenvalue weighted by molar-refractivity contribution is -0.167. The number of carbonyl (C=O) groups excluding carboxylic acids is 3. The Balaban J connectivity index is 4.10. The van der Waals surface area contributed by atoms with E-state index in [1.807, 2.05) is 0 Å². The third-order valence-electron chi connectivity index (χ3n) is 11.6. The lowest BCUT2D eigenvalue weighted by Gasteiger charge is -2.18. The zero-order valence-electron chi connectivity index (χ0n) is 38.3. The van der Waals surface area contributed by atoms with E-state index < -0.39 is 6.10 Å². The molecule has 0 N–H and O–H groups in total. The second kappa shape index (κ2) is 43.0. The molecule has 0 aliphatic heterocycles. The van der Waals surface area contributed by atoms with Gasteiger partial charge in [0.25, 0.3) is 0 Å². The molecule has 0 saturated carbocycles. The minimum atomic E-state index is -0.760.